The van der Waals surface area contributed by atoms with Crippen LogP contribution in [0.15, 0.2) is 0 Å². The molecule has 1 atom stereocenters. The second-order valence-electron chi connectivity index (χ2n) is 5.14. The van der Waals surface area contributed by atoms with Crippen molar-refractivity contribution in [3.63, 3.8) is 0 Å². The molecule has 1 amide bonds. The Labute approximate surface area is 132 Å². The van der Waals surface area contributed by atoms with E-state index in [0.29, 0.717) is 6.42 Å². The van der Waals surface area contributed by atoms with Gasteiger partial charge in [0.05, 0.1) is 0 Å². The lowest BCUT2D eigenvalue weighted by Gasteiger charge is -2.37. The second kappa shape index (κ2) is 6.43. The number of alkyl halides is 11. The highest BCUT2D eigenvalue weighted by atomic mass is 19.4. The number of nitrogens with zero attached hydrogens (tertiary/aromatic N) is 1. The fourth-order valence-electron chi connectivity index (χ4n) is 1.93. The summed E-state index contributed by atoms with van der Waals surface area (Å²) in [5.74, 6) is -16.1. The van der Waals surface area contributed by atoms with E-state index in [4.69, 9.17) is 0 Å². The Kier molecular flexibility index (Phi) is 5.58. The van der Waals surface area contributed by atoms with Gasteiger partial charge in [0.15, 0.2) is 0 Å². The summed E-state index contributed by atoms with van der Waals surface area (Å²) in [5, 5.41) is 0. The maximum atomic E-state index is 14.0. The molecule has 0 radical (unpaired) electrons. The van der Waals surface area contributed by atoms with Crippen molar-refractivity contribution < 1.29 is 57.8 Å². The molecule has 0 aromatic heterocycles. The first-order valence-electron chi connectivity index (χ1n) is 6.55. The molecule has 1 heterocycles. The summed E-state index contributed by atoms with van der Waals surface area (Å²) in [6, 6.07) is 0. The van der Waals surface area contributed by atoms with E-state index in [1.54, 1.807) is 0 Å². The molecule has 1 fully saturated rings. The van der Waals surface area contributed by atoms with E-state index < -0.39 is 49.2 Å². The van der Waals surface area contributed by atoms with Gasteiger partial charge in [-0.3, -0.25) is 9.53 Å². The van der Waals surface area contributed by atoms with E-state index in [2.05, 4.69) is 4.74 Å². The third kappa shape index (κ3) is 3.92. The van der Waals surface area contributed by atoms with Crippen molar-refractivity contribution in [3.8, 4) is 0 Å². The van der Waals surface area contributed by atoms with Crippen molar-refractivity contribution in [1.82, 2.24) is 4.90 Å². The average Bonchev–Trinajstić information content (AvgIpc) is 2.44. The Morgan fingerprint density at radius 3 is 1.52 bits per heavy atom. The van der Waals surface area contributed by atoms with Crippen LogP contribution in [0.4, 0.5) is 48.3 Å². The van der Waals surface area contributed by atoms with Gasteiger partial charge in [0.1, 0.15) is 0 Å². The van der Waals surface area contributed by atoms with Crippen LogP contribution in [0.25, 0.3) is 0 Å². The minimum absolute atomic E-state index is 0.0504. The van der Waals surface area contributed by atoms with Crippen LogP contribution in [0.5, 0.6) is 0 Å². The lowest BCUT2D eigenvalue weighted by molar-refractivity contribution is -0.473. The molecule has 1 aliphatic rings. The Hall–Kier alpha value is -1.34. The van der Waals surface area contributed by atoms with Crippen molar-refractivity contribution in [2.75, 3.05) is 13.1 Å². The maximum absolute atomic E-state index is 14.0. The monoisotopic (exact) mass is 397 g/mol. The van der Waals surface area contributed by atoms with Crippen LogP contribution in [0.1, 0.15) is 19.3 Å². The normalized spacial score (nSPS) is 20.4. The minimum Gasteiger partial charge on any atom is -0.337 e. The summed E-state index contributed by atoms with van der Waals surface area (Å²) in [5.41, 5.74) is 0. The smallest absolute Gasteiger partial charge is 0.337 e. The quantitative estimate of drug-likeness (QED) is 0.671. The molecule has 0 aliphatic carbocycles. The van der Waals surface area contributed by atoms with E-state index >= 15 is 0 Å². The number of carbonyl (C=O) groups excluding carboxylic acids is 1. The van der Waals surface area contributed by atoms with Gasteiger partial charge in [-0.2, -0.15) is 48.3 Å². The predicted molar refractivity (Wildman–Crippen MR) is 57.4 cm³/mol. The number of rotatable bonds is 4. The standard InChI is InChI=1S/C11H10F11NO2/c12-7(9(15,16)17,6(24)23-4-2-1-3-5-23)25-11(21,22)8(13,14)10(18,19)20/h1-5H2. The van der Waals surface area contributed by atoms with Crippen LogP contribution in [0.3, 0.4) is 0 Å². The molecule has 1 unspecified atom stereocenters. The summed E-state index contributed by atoms with van der Waals surface area (Å²) in [6.45, 7) is -1.07. The van der Waals surface area contributed by atoms with Gasteiger partial charge >= 0.3 is 30.2 Å². The maximum Gasteiger partial charge on any atom is 0.462 e. The van der Waals surface area contributed by atoms with Gasteiger partial charge in [0.2, 0.25) is 0 Å². The third-order valence-electron chi connectivity index (χ3n) is 3.27. The fraction of sp³-hybridized carbons (Fsp3) is 0.909. The first-order chi connectivity index (χ1) is 11.0. The lowest BCUT2D eigenvalue weighted by atomic mass is 10.1. The molecule has 14 heteroatoms. The van der Waals surface area contributed by atoms with Gasteiger partial charge in [0.25, 0.3) is 5.91 Å². The minimum atomic E-state index is -7.18. The van der Waals surface area contributed by atoms with Crippen molar-refractivity contribution >= 4 is 5.91 Å². The number of likely N-dealkylation sites (tertiary alicyclic amines) is 1. The largest absolute Gasteiger partial charge is 0.462 e. The van der Waals surface area contributed by atoms with E-state index in [1.807, 2.05) is 0 Å². The first kappa shape index (κ1) is 21.7. The second-order valence-corrected chi connectivity index (χ2v) is 5.14. The SMILES string of the molecule is O=C(N1CCCCC1)C(F)(OC(F)(F)C(F)(F)C(F)(F)F)C(F)(F)F. The zero-order chi connectivity index (χ0) is 19.9. The topological polar surface area (TPSA) is 29.5 Å². The highest BCUT2D eigenvalue weighted by Gasteiger charge is 2.79. The molecule has 148 valence electrons. The number of piperidine rings is 1. The van der Waals surface area contributed by atoms with Crippen molar-refractivity contribution in [3.05, 3.63) is 0 Å². The zero-order valence-electron chi connectivity index (χ0n) is 12.0. The number of halogens is 11. The van der Waals surface area contributed by atoms with E-state index in [9.17, 15) is 53.1 Å². The molecule has 0 N–H and O–H groups in total. The number of amides is 1. The number of ether oxygens (including phenoxy) is 1. The van der Waals surface area contributed by atoms with Crippen LogP contribution in [0, 0.1) is 0 Å². The van der Waals surface area contributed by atoms with Crippen LogP contribution >= 0.6 is 0 Å². The van der Waals surface area contributed by atoms with Gasteiger partial charge in [-0.25, -0.2) is 0 Å². The highest BCUT2D eigenvalue weighted by Crippen LogP contribution is 2.51. The molecule has 0 saturated carbocycles. The van der Waals surface area contributed by atoms with Gasteiger partial charge in [-0.15, -0.1) is 0 Å². The lowest BCUT2D eigenvalue weighted by Crippen LogP contribution is -2.64. The molecule has 25 heavy (non-hydrogen) atoms. The Morgan fingerprint density at radius 1 is 0.720 bits per heavy atom. The molecule has 0 spiro atoms. The molecule has 1 aliphatic heterocycles. The molecule has 1 saturated heterocycles. The van der Waals surface area contributed by atoms with Gasteiger partial charge < -0.3 is 4.90 Å². The van der Waals surface area contributed by atoms with Crippen LogP contribution in [-0.4, -0.2) is 54.1 Å². The molecular weight excluding hydrogens is 387 g/mol. The highest BCUT2D eigenvalue weighted by molar-refractivity contribution is 5.84. The van der Waals surface area contributed by atoms with Crippen molar-refractivity contribution in [1.29, 1.82) is 0 Å². The molecule has 0 bridgehead atoms. The Bertz CT molecular complexity index is 495. The van der Waals surface area contributed by atoms with Gasteiger partial charge in [-0.1, -0.05) is 0 Å². The number of hydrogen-bond donors (Lipinski definition) is 0. The average molecular weight is 397 g/mol. The van der Waals surface area contributed by atoms with E-state index in [0.717, 1.165) is 0 Å². The van der Waals surface area contributed by atoms with E-state index in [-0.39, 0.29) is 17.7 Å². The van der Waals surface area contributed by atoms with E-state index in [1.165, 1.54) is 0 Å². The number of carbonyl (C=O) groups is 1. The molecule has 3 nitrogen and oxygen atoms in total. The van der Waals surface area contributed by atoms with Gasteiger partial charge in [-0.05, 0) is 19.3 Å². The zero-order valence-corrected chi connectivity index (χ0v) is 12.0. The van der Waals surface area contributed by atoms with Crippen LogP contribution in [0.2, 0.25) is 0 Å². The molecule has 1 rings (SSSR count). The van der Waals surface area contributed by atoms with Crippen molar-refractivity contribution in [2.24, 2.45) is 0 Å². The molecular formula is C11H10F11NO2. The van der Waals surface area contributed by atoms with Crippen molar-refractivity contribution in [2.45, 2.75) is 49.5 Å². The first-order valence-corrected chi connectivity index (χ1v) is 6.55. The predicted octanol–water partition coefficient (Wildman–Crippen LogP) is 4.03. The summed E-state index contributed by atoms with van der Waals surface area (Å²) in [7, 11) is 0. The van der Waals surface area contributed by atoms with Crippen LogP contribution in [-0.2, 0) is 9.53 Å². The summed E-state index contributed by atoms with van der Waals surface area (Å²) in [4.78, 5) is 11.6. The van der Waals surface area contributed by atoms with Crippen LogP contribution < -0.4 is 0 Å². The summed E-state index contributed by atoms with van der Waals surface area (Å²) >= 11 is 0. The number of hydrogen-bond acceptors (Lipinski definition) is 2. The Balaban J connectivity index is 3.25. The fourth-order valence-corrected chi connectivity index (χ4v) is 1.93. The van der Waals surface area contributed by atoms with Gasteiger partial charge in [0, 0.05) is 13.1 Å². The summed E-state index contributed by atoms with van der Waals surface area (Å²) in [6.07, 6.45) is -20.2. The molecule has 0 aromatic carbocycles. The molecule has 0 aromatic rings. The summed E-state index contributed by atoms with van der Waals surface area (Å²) < 4.78 is 142. The third-order valence-corrected chi connectivity index (χ3v) is 3.27. The Morgan fingerprint density at radius 2 is 1.16 bits per heavy atom.